The topological polar surface area (TPSA) is 38.5 Å². The highest BCUT2D eigenvalue weighted by Gasteiger charge is 2.31. The predicted molar refractivity (Wildman–Crippen MR) is 74.4 cm³/mol. The Kier molecular flexibility index (Phi) is 4.42. The molecule has 3 nitrogen and oxygen atoms in total. The van der Waals surface area contributed by atoms with Crippen molar-refractivity contribution >= 4 is 0 Å². The summed E-state index contributed by atoms with van der Waals surface area (Å²) in [7, 11) is 0. The SMILES string of the molecule is CC1CN(CC(N)c2ccc(F)c(F)c2)CC(C)(C)O1. The Labute approximate surface area is 118 Å². The van der Waals surface area contributed by atoms with Crippen LogP contribution in [0.4, 0.5) is 8.78 Å². The minimum absolute atomic E-state index is 0.135. The first kappa shape index (κ1) is 15.4. The molecule has 1 aliphatic heterocycles. The summed E-state index contributed by atoms with van der Waals surface area (Å²) < 4.78 is 32.0. The van der Waals surface area contributed by atoms with E-state index in [1.54, 1.807) is 0 Å². The van der Waals surface area contributed by atoms with Crippen LogP contribution in [0.15, 0.2) is 18.2 Å². The molecule has 2 atom stereocenters. The molecule has 0 spiro atoms. The van der Waals surface area contributed by atoms with E-state index < -0.39 is 11.6 Å². The maximum absolute atomic E-state index is 13.2. The molecule has 2 unspecified atom stereocenters. The zero-order chi connectivity index (χ0) is 14.9. The summed E-state index contributed by atoms with van der Waals surface area (Å²) in [4.78, 5) is 2.21. The highest BCUT2D eigenvalue weighted by atomic mass is 19.2. The molecule has 2 rings (SSSR count). The second kappa shape index (κ2) is 5.76. The minimum Gasteiger partial charge on any atom is -0.370 e. The van der Waals surface area contributed by atoms with E-state index in [-0.39, 0.29) is 17.7 Å². The molecule has 5 heteroatoms. The van der Waals surface area contributed by atoms with Gasteiger partial charge in [0, 0.05) is 25.7 Å². The van der Waals surface area contributed by atoms with Crippen molar-refractivity contribution in [3.05, 3.63) is 35.4 Å². The molecule has 112 valence electrons. The van der Waals surface area contributed by atoms with Gasteiger partial charge in [0.1, 0.15) is 0 Å². The third-order valence-corrected chi connectivity index (χ3v) is 3.47. The van der Waals surface area contributed by atoms with Gasteiger partial charge in [0.25, 0.3) is 0 Å². The van der Waals surface area contributed by atoms with Crippen LogP contribution in [0.2, 0.25) is 0 Å². The Morgan fingerprint density at radius 2 is 2.10 bits per heavy atom. The number of rotatable bonds is 3. The molecule has 0 saturated carbocycles. The lowest BCUT2D eigenvalue weighted by molar-refractivity contribution is -0.129. The fraction of sp³-hybridized carbons (Fsp3) is 0.600. The first-order chi connectivity index (χ1) is 9.27. The second-order valence-electron chi connectivity index (χ2n) is 6.16. The van der Waals surface area contributed by atoms with Crippen LogP contribution in [0.25, 0.3) is 0 Å². The molecule has 1 heterocycles. The van der Waals surface area contributed by atoms with Gasteiger partial charge in [-0.1, -0.05) is 6.07 Å². The fourth-order valence-corrected chi connectivity index (χ4v) is 2.85. The zero-order valence-electron chi connectivity index (χ0n) is 12.2. The number of hydrogen-bond acceptors (Lipinski definition) is 3. The van der Waals surface area contributed by atoms with E-state index >= 15 is 0 Å². The van der Waals surface area contributed by atoms with Gasteiger partial charge in [-0.25, -0.2) is 8.78 Å². The van der Waals surface area contributed by atoms with E-state index in [2.05, 4.69) is 4.90 Å². The molecule has 0 radical (unpaired) electrons. The van der Waals surface area contributed by atoms with Crippen LogP contribution in [-0.2, 0) is 4.74 Å². The van der Waals surface area contributed by atoms with Crippen molar-refractivity contribution in [2.24, 2.45) is 5.73 Å². The van der Waals surface area contributed by atoms with Gasteiger partial charge in [0.05, 0.1) is 11.7 Å². The zero-order valence-corrected chi connectivity index (χ0v) is 12.2. The number of nitrogens with two attached hydrogens (primary N) is 1. The molecule has 2 N–H and O–H groups in total. The van der Waals surface area contributed by atoms with E-state index in [1.165, 1.54) is 12.1 Å². The number of ether oxygens (including phenoxy) is 1. The maximum Gasteiger partial charge on any atom is 0.159 e. The quantitative estimate of drug-likeness (QED) is 0.926. The Hall–Kier alpha value is -1.04. The number of benzene rings is 1. The monoisotopic (exact) mass is 284 g/mol. The summed E-state index contributed by atoms with van der Waals surface area (Å²) in [6, 6.07) is 3.50. The van der Waals surface area contributed by atoms with Gasteiger partial charge in [-0.2, -0.15) is 0 Å². The average Bonchev–Trinajstić information content (AvgIpc) is 2.29. The van der Waals surface area contributed by atoms with Crippen molar-refractivity contribution in [3.8, 4) is 0 Å². The third kappa shape index (κ3) is 3.75. The van der Waals surface area contributed by atoms with Gasteiger partial charge < -0.3 is 10.5 Å². The summed E-state index contributed by atoms with van der Waals surface area (Å²) in [5.41, 5.74) is 6.50. The summed E-state index contributed by atoms with van der Waals surface area (Å²) in [6.45, 7) is 8.27. The highest BCUT2D eigenvalue weighted by molar-refractivity contribution is 5.21. The largest absolute Gasteiger partial charge is 0.370 e. The van der Waals surface area contributed by atoms with Gasteiger partial charge >= 0.3 is 0 Å². The van der Waals surface area contributed by atoms with E-state index in [0.29, 0.717) is 12.1 Å². The molecular weight excluding hydrogens is 262 g/mol. The average molecular weight is 284 g/mol. The van der Waals surface area contributed by atoms with E-state index in [4.69, 9.17) is 10.5 Å². The maximum atomic E-state index is 13.2. The smallest absolute Gasteiger partial charge is 0.159 e. The van der Waals surface area contributed by atoms with Crippen LogP contribution in [0, 0.1) is 11.6 Å². The molecule has 0 amide bonds. The predicted octanol–water partition coefficient (Wildman–Crippen LogP) is 2.46. The lowest BCUT2D eigenvalue weighted by Gasteiger charge is -2.42. The summed E-state index contributed by atoms with van der Waals surface area (Å²) in [5.74, 6) is -1.70. The Morgan fingerprint density at radius 3 is 2.70 bits per heavy atom. The van der Waals surface area contributed by atoms with Crippen LogP contribution in [0.3, 0.4) is 0 Å². The highest BCUT2D eigenvalue weighted by Crippen LogP contribution is 2.23. The van der Waals surface area contributed by atoms with Crippen molar-refractivity contribution in [2.45, 2.75) is 38.5 Å². The van der Waals surface area contributed by atoms with Gasteiger partial charge in [-0.05, 0) is 38.5 Å². The number of morpholine rings is 1. The molecule has 0 aliphatic carbocycles. The van der Waals surface area contributed by atoms with Crippen LogP contribution in [0.5, 0.6) is 0 Å². The summed E-state index contributed by atoms with van der Waals surface area (Å²) >= 11 is 0. The molecule has 0 bridgehead atoms. The summed E-state index contributed by atoms with van der Waals surface area (Å²) in [5, 5.41) is 0. The van der Waals surface area contributed by atoms with Crippen LogP contribution >= 0.6 is 0 Å². The molecule has 1 fully saturated rings. The van der Waals surface area contributed by atoms with Crippen molar-refractivity contribution in [1.29, 1.82) is 0 Å². The molecule has 20 heavy (non-hydrogen) atoms. The standard InChI is InChI=1S/C15H22F2N2O/c1-10-7-19(9-15(2,3)20-10)8-14(18)11-4-5-12(16)13(17)6-11/h4-6,10,14H,7-9,18H2,1-3H3. The summed E-state index contributed by atoms with van der Waals surface area (Å²) in [6.07, 6.45) is 0.135. The van der Waals surface area contributed by atoms with E-state index in [1.807, 2.05) is 20.8 Å². The molecule has 1 aromatic rings. The van der Waals surface area contributed by atoms with Gasteiger partial charge in [-0.3, -0.25) is 4.90 Å². The molecule has 0 aromatic heterocycles. The van der Waals surface area contributed by atoms with Crippen LogP contribution in [-0.4, -0.2) is 36.2 Å². The Bertz CT molecular complexity index is 479. The first-order valence-electron chi connectivity index (χ1n) is 6.87. The van der Waals surface area contributed by atoms with Gasteiger partial charge in [0.15, 0.2) is 11.6 Å². The van der Waals surface area contributed by atoms with Crippen LogP contribution in [0.1, 0.15) is 32.4 Å². The lowest BCUT2D eigenvalue weighted by atomic mass is 10.0. The number of nitrogens with zero attached hydrogens (tertiary/aromatic N) is 1. The Morgan fingerprint density at radius 1 is 1.40 bits per heavy atom. The number of hydrogen-bond donors (Lipinski definition) is 1. The molecule has 1 saturated heterocycles. The minimum atomic E-state index is -0.853. The van der Waals surface area contributed by atoms with Gasteiger partial charge in [-0.15, -0.1) is 0 Å². The van der Waals surface area contributed by atoms with Crippen molar-refractivity contribution < 1.29 is 13.5 Å². The molecule has 1 aromatic carbocycles. The third-order valence-electron chi connectivity index (χ3n) is 3.47. The van der Waals surface area contributed by atoms with E-state index in [0.717, 1.165) is 19.2 Å². The van der Waals surface area contributed by atoms with Gasteiger partial charge in [0.2, 0.25) is 0 Å². The normalized spacial score (nSPS) is 24.6. The molecular formula is C15H22F2N2O. The van der Waals surface area contributed by atoms with Crippen molar-refractivity contribution in [1.82, 2.24) is 4.90 Å². The fourth-order valence-electron chi connectivity index (χ4n) is 2.85. The van der Waals surface area contributed by atoms with Crippen molar-refractivity contribution in [3.63, 3.8) is 0 Å². The van der Waals surface area contributed by atoms with Crippen molar-refractivity contribution in [2.75, 3.05) is 19.6 Å². The Balaban J connectivity index is 2.03. The first-order valence-corrected chi connectivity index (χ1v) is 6.87. The lowest BCUT2D eigenvalue weighted by Crippen LogP contribution is -2.53. The van der Waals surface area contributed by atoms with E-state index in [9.17, 15) is 8.78 Å². The number of halogens is 2. The van der Waals surface area contributed by atoms with Crippen LogP contribution < -0.4 is 5.73 Å². The molecule has 1 aliphatic rings. The second-order valence-corrected chi connectivity index (χ2v) is 6.16.